The predicted octanol–water partition coefficient (Wildman–Crippen LogP) is 5.31. The summed E-state index contributed by atoms with van der Waals surface area (Å²) in [6.45, 7) is 6.16. The number of aryl methyl sites for hydroxylation is 2. The van der Waals surface area contributed by atoms with Crippen LogP contribution in [0.4, 0.5) is 0 Å². The van der Waals surface area contributed by atoms with E-state index >= 15 is 0 Å². The van der Waals surface area contributed by atoms with Crippen LogP contribution in [0.5, 0.6) is 0 Å². The Bertz CT molecular complexity index is 1750. The summed E-state index contributed by atoms with van der Waals surface area (Å²) in [6, 6.07) is 29.6. The van der Waals surface area contributed by atoms with Crippen molar-refractivity contribution in [3.63, 3.8) is 0 Å². The van der Waals surface area contributed by atoms with Gasteiger partial charge in [-0.1, -0.05) is 60.7 Å². The van der Waals surface area contributed by atoms with Crippen molar-refractivity contribution in [2.24, 2.45) is 0 Å². The van der Waals surface area contributed by atoms with Crippen LogP contribution in [0.1, 0.15) is 45.6 Å². The predicted molar refractivity (Wildman–Crippen MR) is 151 cm³/mol. The monoisotopic (exact) mass is 503 g/mol. The Hall–Kier alpha value is -4.71. The molecule has 6 nitrogen and oxygen atoms in total. The van der Waals surface area contributed by atoms with Crippen LogP contribution in [0.3, 0.4) is 0 Å². The number of nitrogens with zero attached hydrogens (tertiary/aromatic N) is 2. The molecule has 0 aliphatic carbocycles. The Morgan fingerprint density at radius 1 is 0.816 bits per heavy atom. The first-order chi connectivity index (χ1) is 18.3. The van der Waals surface area contributed by atoms with Gasteiger partial charge in [0.1, 0.15) is 0 Å². The molecular formula is C32H29N3O3. The van der Waals surface area contributed by atoms with Gasteiger partial charge in [-0.05, 0) is 79.4 Å². The fourth-order valence-electron chi connectivity index (χ4n) is 4.62. The van der Waals surface area contributed by atoms with E-state index in [9.17, 15) is 14.4 Å². The van der Waals surface area contributed by atoms with Crippen LogP contribution in [0.15, 0.2) is 107 Å². The summed E-state index contributed by atoms with van der Waals surface area (Å²) in [5, 5.41) is 3.49. The van der Waals surface area contributed by atoms with Gasteiger partial charge in [0, 0.05) is 5.56 Å². The lowest BCUT2D eigenvalue weighted by Gasteiger charge is -2.16. The fraction of sp³-hybridized carbons (Fsp3) is 0.156. The van der Waals surface area contributed by atoms with Crippen molar-refractivity contribution < 1.29 is 4.79 Å². The molecule has 0 saturated carbocycles. The lowest BCUT2D eigenvalue weighted by molar-refractivity contribution is 0.0940. The van der Waals surface area contributed by atoms with Crippen molar-refractivity contribution in [1.29, 1.82) is 0 Å². The van der Waals surface area contributed by atoms with Gasteiger partial charge in [0.05, 0.1) is 29.2 Å². The molecule has 6 heteroatoms. The maximum atomic E-state index is 13.7. The Balaban J connectivity index is 1.48. The van der Waals surface area contributed by atoms with Gasteiger partial charge >= 0.3 is 5.69 Å². The van der Waals surface area contributed by atoms with Gasteiger partial charge in [-0.15, -0.1) is 0 Å². The summed E-state index contributed by atoms with van der Waals surface area (Å²) in [5.41, 5.74) is 4.86. The number of aromatic nitrogens is 2. The smallest absolute Gasteiger partial charge is 0.336 e. The van der Waals surface area contributed by atoms with Crippen LogP contribution in [0.25, 0.3) is 16.6 Å². The first kappa shape index (κ1) is 25.0. The maximum absolute atomic E-state index is 13.7. The number of amides is 1. The van der Waals surface area contributed by atoms with E-state index in [-0.39, 0.29) is 24.1 Å². The lowest BCUT2D eigenvalue weighted by Crippen LogP contribution is -2.39. The minimum absolute atomic E-state index is 0.125. The third kappa shape index (κ3) is 4.81. The van der Waals surface area contributed by atoms with E-state index in [4.69, 9.17) is 0 Å². The number of hydrogen-bond donors (Lipinski definition) is 1. The van der Waals surface area contributed by atoms with E-state index < -0.39 is 5.69 Å². The van der Waals surface area contributed by atoms with Gasteiger partial charge in [0.2, 0.25) is 0 Å². The quantitative estimate of drug-likeness (QED) is 0.341. The van der Waals surface area contributed by atoms with Crippen molar-refractivity contribution in [2.75, 3.05) is 0 Å². The van der Waals surface area contributed by atoms with Crippen LogP contribution in [0, 0.1) is 13.8 Å². The largest absolute Gasteiger partial charge is 0.346 e. The van der Waals surface area contributed by atoms with Crippen LogP contribution in [-0.2, 0) is 6.54 Å². The normalized spacial score (nSPS) is 11.9. The number of fused-ring (bicyclic) bond motifs is 1. The van der Waals surface area contributed by atoms with Gasteiger partial charge < -0.3 is 5.32 Å². The molecule has 0 aliphatic rings. The third-order valence-corrected chi connectivity index (χ3v) is 7.00. The molecule has 1 aromatic heterocycles. The SMILES string of the molecule is Cc1ccc(-n2c(=O)c3ccccc3n(Cc3ccc(C(=O)NC(C)c4ccccc4)cc3)c2=O)cc1C. The highest BCUT2D eigenvalue weighted by Crippen LogP contribution is 2.16. The van der Waals surface area contributed by atoms with E-state index in [1.165, 1.54) is 4.57 Å². The molecule has 0 radical (unpaired) electrons. The summed E-state index contributed by atoms with van der Waals surface area (Å²) < 4.78 is 2.85. The zero-order valence-corrected chi connectivity index (χ0v) is 21.6. The molecule has 190 valence electrons. The molecule has 4 aromatic carbocycles. The number of benzene rings is 4. The summed E-state index contributed by atoms with van der Waals surface area (Å²) >= 11 is 0. The zero-order chi connectivity index (χ0) is 26.8. The summed E-state index contributed by atoms with van der Waals surface area (Å²) in [7, 11) is 0. The first-order valence-corrected chi connectivity index (χ1v) is 12.6. The average molecular weight is 504 g/mol. The molecule has 5 rings (SSSR count). The topological polar surface area (TPSA) is 73.1 Å². The molecule has 1 atom stereocenters. The van der Waals surface area contributed by atoms with Crippen molar-refractivity contribution in [3.05, 3.63) is 146 Å². The van der Waals surface area contributed by atoms with E-state index in [1.54, 1.807) is 41.0 Å². The van der Waals surface area contributed by atoms with E-state index in [0.717, 1.165) is 22.3 Å². The molecule has 0 bridgehead atoms. The standard InChI is InChI=1S/C32H29N3O3/c1-21-13-18-27(19-22(21)2)35-31(37)28-11-7-8-12-29(28)34(32(35)38)20-24-14-16-26(17-15-24)30(36)33-23(3)25-9-5-4-6-10-25/h4-19,23H,20H2,1-3H3,(H,33,36). The molecule has 0 fully saturated rings. The number of carbonyl (C=O) groups excluding carboxylic acids is 1. The van der Waals surface area contributed by atoms with Gasteiger partial charge in [0.25, 0.3) is 11.5 Å². The van der Waals surface area contributed by atoms with Gasteiger partial charge in [0.15, 0.2) is 0 Å². The molecule has 0 saturated heterocycles. The molecule has 1 unspecified atom stereocenters. The highest BCUT2D eigenvalue weighted by atomic mass is 16.2. The Labute approximate surface area is 220 Å². The number of para-hydroxylation sites is 1. The number of rotatable bonds is 6. The Kier molecular flexibility index (Phi) is 6.79. The number of hydrogen-bond acceptors (Lipinski definition) is 3. The minimum Gasteiger partial charge on any atom is -0.346 e. The second-order valence-corrected chi connectivity index (χ2v) is 9.60. The highest BCUT2D eigenvalue weighted by Gasteiger charge is 2.16. The molecule has 0 aliphatic heterocycles. The second kappa shape index (κ2) is 10.3. The zero-order valence-electron chi connectivity index (χ0n) is 21.6. The molecule has 0 spiro atoms. The summed E-state index contributed by atoms with van der Waals surface area (Å²) in [6.07, 6.45) is 0. The van der Waals surface area contributed by atoms with Crippen LogP contribution in [0.2, 0.25) is 0 Å². The van der Waals surface area contributed by atoms with Crippen molar-refractivity contribution >= 4 is 16.8 Å². The van der Waals surface area contributed by atoms with Crippen LogP contribution in [-0.4, -0.2) is 15.0 Å². The fourth-order valence-corrected chi connectivity index (χ4v) is 4.62. The minimum atomic E-state index is -0.407. The molecule has 38 heavy (non-hydrogen) atoms. The first-order valence-electron chi connectivity index (χ1n) is 12.6. The lowest BCUT2D eigenvalue weighted by atomic mass is 10.1. The molecular weight excluding hydrogens is 474 g/mol. The molecule has 1 amide bonds. The van der Waals surface area contributed by atoms with Crippen molar-refractivity contribution in [3.8, 4) is 5.69 Å². The Morgan fingerprint density at radius 2 is 1.50 bits per heavy atom. The van der Waals surface area contributed by atoms with Crippen molar-refractivity contribution in [2.45, 2.75) is 33.4 Å². The van der Waals surface area contributed by atoms with Crippen molar-refractivity contribution in [1.82, 2.24) is 14.5 Å². The van der Waals surface area contributed by atoms with Crippen LogP contribution >= 0.6 is 0 Å². The number of nitrogens with one attached hydrogen (secondary N) is 1. The molecule has 5 aromatic rings. The molecule has 1 N–H and O–H groups in total. The van der Waals surface area contributed by atoms with E-state index in [0.29, 0.717) is 22.2 Å². The van der Waals surface area contributed by atoms with Crippen LogP contribution < -0.4 is 16.6 Å². The van der Waals surface area contributed by atoms with E-state index in [2.05, 4.69) is 5.32 Å². The molecule has 1 heterocycles. The summed E-state index contributed by atoms with van der Waals surface area (Å²) in [4.78, 5) is 39.9. The van der Waals surface area contributed by atoms with Gasteiger partial charge in [-0.2, -0.15) is 0 Å². The Morgan fingerprint density at radius 3 is 2.21 bits per heavy atom. The average Bonchev–Trinajstić information content (AvgIpc) is 2.94. The highest BCUT2D eigenvalue weighted by molar-refractivity contribution is 5.94. The van der Waals surface area contributed by atoms with Gasteiger partial charge in [-0.3, -0.25) is 14.2 Å². The van der Waals surface area contributed by atoms with E-state index in [1.807, 2.05) is 81.4 Å². The second-order valence-electron chi connectivity index (χ2n) is 9.60. The summed E-state index contributed by atoms with van der Waals surface area (Å²) in [5.74, 6) is -0.168. The van der Waals surface area contributed by atoms with Gasteiger partial charge in [-0.25, -0.2) is 9.36 Å². The number of carbonyl (C=O) groups is 1. The third-order valence-electron chi connectivity index (χ3n) is 7.00. The maximum Gasteiger partial charge on any atom is 0.336 e.